The van der Waals surface area contributed by atoms with Gasteiger partial charge in [0.15, 0.2) is 17.0 Å². The van der Waals surface area contributed by atoms with Gasteiger partial charge in [0.2, 0.25) is 11.8 Å². The zero-order valence-electron chi connectivity index (χ0n) is 47.7. The number of hydrogen-bond donors (Lipinski definition) is 0. The van der Waals surface area contributed by atoms with Gasteiger partial charge in [-0.2, -0.15) is 0 Å². The van der Waals surface area contributed by atoms with E-state index in [-0.39, 0.29) is 10.8 Å². The Balaban J connectivity index is 0.844. The predicted molar refractivity (Wildman–Crippen MR) is 352 cm³/mol. The standard InChI is InChI=1S/C80H52N4O2/c1-79(2)66-27-15-13-21-56(66)58-39-37-49(43-68(58)79)51-41-64(50-38-40-59-57-22-14-16-28-67(57)80(3,4)69(59)44-50)71-65(42-51)70(45-29-33-47(34-30-45)77-83-72-60-23-9-5-17-52(60)54-19-7-11-25-62(54)74(72)85-77)81-76(82-71)46-31-35-48(36-32-46)78-84-73-61-24-10-6-18-53(61)55-20-8-12-26-63(55)75(73)86-78/h5-44H,1-4H3. The zero-order chi connectivity index (χ0) is 57.2. The average molecular weight is 1100 g/mol. The van der Waals surface area contributed by atoms with Crippen molar-refractivity contribution in [1.82, 2.24) is 19.9 Å². The van der Waals surface area contributed by atoms with E-state index in [9.17, 15) is 0 Å². The van der Waals surface area contributed by atoms with Gasteiger partial charge in [-0.15, -0.1) is 0 Å². The summed E-state index contributed by atoms with van der Waals surface area (Å²) in [5, 5.41) is 9.75. The fraction of sp³-hybridized carbons (Fsp3) is 0.0750. The molecule has 0 fully saturated rings. The molecule has 16 aromatic rings. The molecule has 0 radical (unpaired) electrons. The first-order valence-corrected chi connectivity index (χ1v) is 29.6. The second kappa shape index (κ2) is 17.9. The Morgan fingerprint density at radius 3 is 1.17 bits per heavy atom. The van der Waals surface area contributed by atoms with E-state index in [0.717, 1.165) is 126 Å². The van der Waals surface area contributed by atoms with Gasteiger partial charge < -0.3 is 8.83 Å². The molecule has 3 aromatic heterocycles. The Kier molecular flexibility index (Phi) is 10.1. The minimum absolute atomic E-state index is 0.180. The number of fused-ring (bicyclic) bond motifs is 19. The molecular weight excluding hydrogens is 1050 g/mol. The van der Waals surface area contributed by atoms with E-state index < -0.39 is 0 Å². The molecule has 2 aliphatic rings. The monoisotopic (exact) mass is 1100 g/mol. The summed E-state index contributed by atoms with van der Waals surface area (Å²) < 4.78 is 13.5. The van der Waals surface area contributed by atoms with Gasteiger partial charge >= 0.3 is 0 Å². The highest BCUT2D eigenvalue weighted by Crippen LogP contribution is 2.53. The Morgan fingerprint density at radius 1 is 0.256 bits per heavy atom. The second-order valence-corrected chi connectivity index (χ2v) is 24.4. The van der Waals surface area contributed by atoms with Crippen LogP contribution in [0.3, 0.4) is 0 Å². The largest absolute Gasteiger partial charge is 0.435 e. The highest BCUT2D eigenvalue weighted by Gasteiger charge is 2.37. The van der Waals surface area contributed by atoms with Crippen molar-refractivity contribution in [3.05, 3.63) is 265 Å². The number of hydrogen-bond acceptors (Lipinski definition) is 6. The molecule has 6 heteroatoms. The fourth-order valence-corrected chi connectivity index (χ4v) is 14.6. The molecule has 0 aliphatic heterocycles. The molecule has 2 aliphatic carbocycles. The lowest BCUT2D eigenvalue weighted by Crippen LogP contribution is -2.15. The molecule has 6 nitrogen and oxygen atoms in total. The molecule has 0 N–H and O–H groups in total. The van der Waals surface area contributed by atoms with Crippen molar-refractivity contribution in [2.45, 2.75) is 38.5 Å². The highest BCUT2D eigenvalue weighted by molar-refractivity contribution is 6.24. The minimum atomic E-state index is -0.214. The number of oxazole rings is 2. The molecule has 0 unspecified atom stereocenters. The summed E-state index contributed by atoms with van der Waals surface area (Å²) in [4.78, 5) is 21.7. The Hall–Kier alpha value is -10.8. The lowest BCUT2D eigenvalue weighted by Gasteiger charge is -2.23. The summed E-state index contributed by atoms with van der Waals surface area (Å²) in [5.41, 5.74) is 22.9. The average Bonchev–Trinajstić information content (AvgIpc) is 1.84. The third-order valence-electron chi connectivity index (χ3n) is 18.9. The van der Waals surface area contributed by atoms with Gasteiger partial charge in [-0.05, 0) is 131 Å². The Bertz CT molecular complexity index is 5440. The van der Waals surface area contributed by atoms with Gasteiger partial charge in [-0.3, -0.25) is 0 Å². The van der Waals surface area contributed by atoms with Crippen LogP contribution in [0, 0.1) is 0 Å². The van der Waals surface area contributed by atoms with E-state index in [0.29, 0.717) is 17.6 Å². The molecule has 0 atom stereocenters. The van der Waals surface area contributed by atoms with E-state index >= 15 is 0 Å². The van der Waals surface area contributed by atoms with Gasteiger partial charge in [0.05, 0.1) is 11.2 Å². The van der Waals surface area contributed by atoms with Gasteiger partial charge in [-0.1, -0.05) is 222 Å². The normalized spacial score (nSPS) is 13.8. The van der Waals surface area contributed by atoms with Crippen molar-refractivity contribution in [2.24, 2.45) is 0 Å². The maximum absolute atomic E-state index is 6.78. The number of aromatic nitrogens is 4. The van der Waals surface area contributed by atoms with Crippen LogP contribution < -0.4 is 0 Å². The number of rotatable bonds is 6. The van der Waals surface area contributed by atoms with Crippen LogP contribution in [0.1, 0.15) is 49.9 Å². The lowest BCUT2D eigenvalue weighted by atomic mass is 9.81. The van der Waals surface area contributed by atoms with E-state index in [2.05, 4.69) is 270 Å². The maximum atomic E-state index is 6.78. The molecule has 18 rings (SSSR count). The smallest absolute Gasteiger partial charge is 0.227 e. The van der Waals surface area contributed by atoms with Crippen molar-refractivity contribution >= 4 is 76.2 Å². The first-order chi connectivity index (χ1) is 42.1. The first-order valence-electron chi connectivity index (χ1n) is 29.6. The minimum Gasteiger partial charge on any atom is -0.435 e. The van der Waals surface area contributed by atoms with Gasteiger partial charge in [0.25, 0.3) is 0 Å². The van der Waals surface area contributed by atoms with E-state index in [1.54, 1.807) is 0 Å². The van der Waals surface area contributed by atoms with Crippen LogP contribution in [0.25, 0.3) is 166 Å². The number of nitrogens with zero attached hydrogens (tertiary/aromatic N) is 4. The van der Waals surface area contributed by atoms with Crippen LogP contribution >= 0.6 is 0 Å². The van der Waals surface area contributed by atoms with Crippen molar-refractivity contribution in [2.75, 3.05) is 0 Å². The SMILES string of the molecule is CC1(C)c2ccccc2-c2ccc(-c3cc(-c4ccc5c(c4)C(C)(C)c4ccccc4-5)c4nc(-c5ccc(-c6nc7c8ccccc8c8ccccc8c7o6)cc5)nc(-c5ccc(-c6nc7c8ccccc8c8ccccc8c7o6)cc5)c4c3)cc21. The van der Waals surface area contributed by atoms with Crippen LogP contribution in [-0.4, -0.2) is 19.9 Å². The third kappa shape index (κ3) is 7.01. The quantitative estimate of drug-likeness (QED) is 0.154. The molecule has 3 heterocycles. The molecule has 404 valence electrons. The maximum Gasteiger partial charge on any atom is 0.227 e. The number of benzene rings is 13. The fourth-order valence-electron chi connectivity index (χ4n) is 14.6. The van der Waals surface area contributed by atoms with Crippen LogP contribution in [0.2, 0.25) is 0 Å². The molecule has 0 bridgehead atoms. The molecule has 0 saturated carbocycles. The summed E-state index contributed by atoms with van der Waals surface area (Å²) in [6, 6.07) is 87.1. The first kappa shape index (κ1) is 48.7. The van der Waals surface area contributed by atoms with Crippen molar-refractivity contribution in [3.8, 4) is 90.1 Å². The van der Waals surface area contributed by atoms with Crippen molar-refractivity contribution < 1.29 is 8.83 Å². The summed E-state index contributed by atoms with van der Waals surface area (Å²) in [5.74, 6) is 1.73. The van der Waals surface area contributed by atoms with Crippen LogP contribution in [0.5, 0.6) is 0 Å². The predicted octanol–water partition coefficient (Wildman–Crippen LogP) is 21.1. The summed E-state index contributed by atoms with van der Waals surface area (Å²) in [6.07, 6.45) is 0. The van der Waals surface area contributed by atoms with Crippen LogP contribution in [0.4, 0.5) is 0 Å². The molecule has 0 amide bonds. The van der Waals surface area contributed by atoms with Crippen LogP contribution in [0.15, 0.2) is 251 Å². The Morgan fingerprint density at radius 2 is 0.651 bits per heavy atom. The summed E-state index contributed by atoms with van der Waals surface area (Å²) >= 11 is 0. The Labute approximate surface area is 495 Å². The van der Waals surface area contributed by atoms with E-state index in [4.69, 9.17) is 28.8 Å². The summed E-state index contributed by atoms with van der Waals surface area (Å²) in [7, 11) is 0. The zero-order valence-corrected chi connectivity index (χ0v) is 47.7. The van der Waals surface area contributed by atoms with Crippen LogP contribution in [-0.2, 0) is 10.8 Å². The lowest BCUT2D eigenvalue weighted by molar-refractivity contribution is 0.622. The third-order valence-corrected chi connectivity index (χ3v) is 18.9. The van der Waals surface area contributed by atoms with Gasteiger partial charge in [0.1, 0.15) is 11.0 Å². The van der Waals surface area contributed by atoms with Crippen molar-refractivity contribution in [1.29, 1.82) is 0 Å². The highest BCUT2D eigenvalue weighted by atomic mass is 16.4. The molecule has 0 saturated heterocycles. The van der Waals surface area contributed by atoms with Gasteiger partial charge in [-0.25, -0.2) is 19.9 Å². The van der Waals surface area contributed by atoms with Gasteiger partial charge in [0, 0.05) is 65.6 Å². The summed E-state index contributed by atoms with van der Waals surface area (Å²) in [6.45, 7) is 9.40. The van der Waals surface area contributed by atoms with Crippen molar-refractivity contribution in [3.63, 3.8) is 0 Å². The van der Waals surface area contributed by atoms with E-state index in [1.807, 2.05) is 0 Å². The molecular formula is C80H52N4O2. The molecule has 86 heavy (non-hydrogen) atoms. The topological polar surface area (TPSA) is 77.8 Å². The second-order valence-electron chi connectivity index (χ2n) is 24.4. The molecule has 13 aromatic carbocycles. The molecule has 0 spiro atoms. The van der Waals surface area contributed by atoms with E-state index in [1.165, 1.54) is 44.5 Å².